The normalized spacial score (nSPS) is 10.4. The number of H-pyrrole nitrogens is 1. The number of nitrogens with one attached hydrogen (secondary N) is 3. The molecule has 2 aromatic carbocycles. The van der Waals surface area contributed by atoms with E-state index < -0.39 is 11.9 Å². The van der Waals surface area contributed by atoms with Gasteiger partial charge in [0.1, 0.15) is 5.75 Å². The highest BCUT2D eigenvalue weighted by atomic mass is 35.5. The SMILES string of the molecule is COc1ccc(Cl)cc1-c1nc(SCC(=O)NC(=O)NCc2ccccc2)n[nH]1. The molecule has 0 atom stereocenters. The van der Waals surface area contributed by atoms with E-state index in [2.05, 4.69) is 25.8 Å². The number of aromatic amines is 1. The van der Waals surface area contributed by atoms with Gasteiger partial charge >= 0.3 is 6.03 Å². The molecule has 0 radical (unpaired) electrons. The summed E-state index contributed by atoms with van der Waals surface area (Å²) in [4.78, 5) is 28.1. The van der Waals surface area contributed by atoms with Gasteiger partial charge in [-0.15, -0.1) is 5.10 Å². The fourth-order valence-electron chi connectivity index (χ4n) is 2.41. The lowest BCUT2D eigenvalue weighted by atomic mass is 10.2. The summed E-state index contributed by atoms with van der Waals surface area (Å²) in [7, 11) is 1.55. The number of carbonyl (C=O) groups is 2. The first kappa shape index (κ1) is 20.7. The van der Waals surface area contributed by atoms with Gasteiger partial charge in [-0.3, -0.25) is 15.2 Å². The van der Waals surface area contributed by atoms with Gasteiger partial charge < -0.3 is 10.1 Å². The van der Waals surface area contributed by atoms with E-state index in [-0.39, 0.29) is 5.75 Å². The number of aromatic nitrogens is 3. The van der Waals surface area contributed by atoms with Crippen LogP contribution in [0.15, 0.2) is 53.7 Å². The molecule has 150 valence electrons. The maximum Gasteiger partial charge on any atom is 0.321 e. The van der Waals surface area contributed by atoms with Crippen molar-refractivity contribution >= 4 is 35.3 Å². The molecule has 0 aliphatic carbocycles. The number of amides is 3. The van der Waals surface area contributed by atoms with Gasteiger partial charge in [0.15, 0.2) is 5.82 Å². The molecule has 29 heavy (non-hydrogen) atoms. The number of hydrogen-bond acceptors (Lipinski definition) is 6. The van der Waals surface area contributed by atoms with Crippen LogP contribution in [0.25, 0.3) is 11.4 Å². The predicted octanol–water partition coefficient (Wildman–Crippen LogP) is 3.25. The number of hydrogen-bond donors (Lipinski definition) is 3. The number of imide groups is 1. The Hall–Kier alpha value is -3.04. The average Bonchev–Trinajstić information content (AvgIpc) is 3.20. The second-order valence-corrected chi connectivity index (χ2v) is 7.20. The Balaban J connectivity index is 1.50. The molecule has 3 aromatic rings. The highest BCUT2D eigenvalue weighted by Crippen LogP contribution is 2.31. The van der Waals surface area contributed by atoms with E-state index in [1.165, 1.54) is 0 Å². The smallest absolute Gasteiger partial charge is 0.321 e. The monoisotopic (exact) mass is 431 g/mol. The number of halogens is 1. The molecule has 0 saturated heterocycles. The molecule has 0 aliphatic heterocycles. The number of urea groups is 1. The van der Waals surface area contributed by atoms with Gasteiger partial charge in [0.05, 0.1) is 18.4 Å². The van der Waals surface area contributed by atoms with Crippen molar-refractivity contribution in [2.75, 3.05) is 12.9 Å². The standard InChI is InChI=1S/C19H18ClN5O3S/c1-28-15-8-7-13(20)9-14(15)17-23-19(25-24-17)29-11-16(26)22-18(27)21-10-12-5-3-2-4-6-12/h2-9H,10-11H2,1H3,(H,23,24,25)(H2,21,22,26,27). The Morgan fingerprint density at radius 3 is 2.76 bits per heavy atom. The van der Waals surface area contributed by atoms with E-state index in [4.69, 9.17) is 16.3 Å². The van der Waals surface area contributed by atoms with Crippen LogP contribution in [0.1, 0.15) is 5.56 Å². The third kappa shape index (κ3) is 5.97. The summed E-state index contributed by atoms with van der Waals surface area (Å²) in [5.41, 5.74) is 1.60. The van der Waals surface area contributed by atoms with Gasteiger partial charge in [-0.25, -0.2) is 9.78 Å². The van der Waals surface area contributed by atoms with Crippen LogP contribution in [-0.2, 0) is 11.3 Å². The van der Waals surface area contributed by atoms with Gasteiger partial charge in [-0.1, -0.05) is 53.7 Å². The average molecular weight is 432 g/mol. The lowest BCUT2D eigenvalue weighted by Gasteiger charge is -2.06. The molecule has 0 aliphatic rings. The second-order valence-electron chi connectivity index (χ2n) is 5.82. The first-order chi connectivity index (χ1) is 14.0. The highest BCUT2D eigenvalue weighted by molar-refractivity contribution is 7.99. The first-order valence-electron chi connectivity index (χ1n) is 8.56. The maximum absolute atomic E-state index is 12.0. The summed E-state index contributed by atoms with van der Waals surface area (Å²) >= 11 is 7.13. The lowest BCUT2D eigenvalue weighted by Crippen LogP contribution is -2.39. The Bertz CT molecular complexity index is 997. The van der Waals surface area contributed by atoms with Crippen LogP contribution >= 0.6 is 23.4 Å². The molecule has 0 fully saturated rings. The molecule has 0 saturated carbocycles. The lowest BCUT2D eigenvalue weighted by molar-refractivity contribution is -0.117. The summed E-state index contributed by atoms with van der Waals surface area (Å²) in [6.45, 7) is 0.332. The van der Waals surface area contributed by atoms with Gasteiger partial charge in [-0.2, -0.15) is 0 Å². The molecule has 8 nitrogen and oxygen atoms in total. The number of thioether (sulfide) groups is 1. The topological polar surface area (TPSA) is 109 Å². The van der Waals surface area contributed by atoms with E-state index >= 15 is 0 Å². The van der Waals surface area contributed by atoms with Crippen molar-refractivity contribution in [1.29, 1.82) is 0 Å². The summed E-state index contributed by atoms with van der Waals surface area (Å²) in [6, 6.07) is 14.0. The number of rotatable bonds is 7. The van der Waals surface area contributed by atoms with Crippen LogP contribution in [0.2, 0.25) is 5.02 Å². The van der Waals surface area contributed by atoms with E-state index in [1.54, 1.807) is 25.3 Å². The Morgan fingerprint density at radius 1 is 1.21 bits per heavy atom. The Morgan fingerprint density at radius 2 is 2.00 bits per heavy atom. The fraction of sp³-hybridized carbons (Fsp3) is 0.158. The molecule has 3 rings (SSSR count). The Kier molecular flexibility index (Phi) is 7.09. The summed E-state index contributed by atoms with van der Waals surface area (Å²) < 4.78 is 5.30. The van der Waals surface area contributed by atoms with Crippen molar-refractivity contribution in [3.63, 3.8) is 0 Å². The van der Waals surface area contributed by atoms with Crippen LogP contribution in [0.3, 0.4) is 0 Å². The summed E-state index contributed by atoms with van der Waals surface area (Å²) in [5, 5.41) is 12.7. The Labute approximate surface area is 176 Å². The zero-order valence-corrected chi connectivity index (χ0v) is 17.0. The minimum absolute atomic E-state index is 0.0112. The van der Waals surface area contributed by atoms with Crippen LogP contribution < -0.4 is 15.4 Å². The zero-order valence-electron chi connectivity index (χ0n) is 15.4. The molecule has 10 heteroatoms. The van der Waals surface area contributed by atoms with Crippen LogP contribution in [0.5, 0.6) is 5.75 Å². The molecule has 0 bridgehead atoms. The quantitative estimate of drug-likeness (QED) is 0.495. The largest absolute Gasteiger partial charge is 0.496 e. The van der Waals surface area contributed by atoms with Crippen molar-refractivity contribution in [2.45, 2.75) is 11.7 Å². The molecule has 1 heterocycles. The third-order valence-corrected chi connectivity index (χ3v) is 4.85. The fourth-order valence-corrected chi connectivity index (χ4v) is 3.18. The number of ether oxygens (including phenoxy) is 1. The van der Waals surface area contributed by atoms with E-state index in [0.29, 0.717) is 33.9 Å². The number of benzene rings is 2. The van der Waals surface area contributed by atoms with E-state index in [9.17, 15) is 9.59 Å². The van der Waals surface area contributed by atoms with Crippen molar-refractivity contribution in [2.24, 2.45) is 0 Å². The second kappa shape index (κ2) is 9.94. The van der Waals surface area contributed by atoms with Gasteiger partial charge in [0.2, 0.25) is 11.1 Å². The molecule has 0 unspecified atom stereocenters. The zero-order chi connectivity index (χ0) is 20.6. The highest BCUT2D eigenvalue weighted by Gasteiger charge is 2.14. The molecule has 1 aromatic heterocycles. The van der Waals surface area contributed by atoms with Crippen LogP contribution in [0.4, 0.5) is 4.79 Å². The third-order valence-electron chi connectivity index (χ3n) is 3.76. The van der Waals surface area contributed by atoms with Crippen molar-refractivity contribution in [3.8, 4) is 17.1 Å². The van der Waals surface area contributed by atoms with E-state index in [0.717, 1.165) is 17.3 Å². The number of methoxy groups -OCH3 is 1. The summed E-state index contributed by atoms with van der Waals surface area (Å²) in [6.07, 6.45) is 0. The first-order valence-corrected chi connectivity index (χ1v) is 9.92. The molecule has 0 spiro atoms. The van der Waals surface area contributed by atoms with Gasteiger partial charge in [-0.05, 0) is 23.8 Å². The minimum Gasteiger partial charge on any atom is -0.496 e. The number of carbonyl (C=O) groups excluding carboxylic acids is 2. The van der Waals surface area contributed by atoms with Crippen LogP contribution in [0, 0.1) is 0 Å². The maximum atomic E-state index is 12.0. The van der Waals surface area contributed by atoms with Crippen molar-refractivity contribution < 1.29 is 14.3 Å². The van der Waals surface area contributed by atoms with E-state index in [1.807, 2.05) is 30.3 Å². The summed E-state index contributed by atoms with van der Waals surface area (Å²) in [5.74, 6) is 0.595. The van der Waals surface area contributed by atoms with Crippen molar-refractivity contribution in [1.82, 2.24) is 25.8 Å². The van der Waals surface area contributed by atoms with Crippen LogP contribution in [-0.4, -0.2) is 40.0 Å². The van der Waals surface area contributed by atoms with Gasteiger partial charge in [0, 0.05) is 11.6 Å². The molecule has 3 N–H and O–H groups in total. The molecule has 3 amide bonds. The van der Waals surface area contributed by atoms with Gasteiger partial charge in [0.25, 0.3) is 0 Å². The molecular weight excluding hydrogens is 414 g/mol. The predicted molar refractivity (Wildman–Crippen MR) is 111 cm³/mol. The minimum atomic E-state index is -0.557. The molecular formula is C19H18ClN5O3S. The van der Waals surface area contributed by atoms with Crippen molar-refractivity contribution in [3.05, 3.63) is 59.1 Å². The number of nitrogens with zero attached hydrogens (tertiary/aromatic N) is 2.